The molecule has 1 unspecified atom stereocenters. The number of thiophene rings is 1. The molecule has 2 aromatic rings. The van der Waals surface area contributed by atoms with E-state index in [2.05, 4.69) is 10.6 Å². The van der Waals surface area contributed by atoms with Gasteiger partial charge in [-0.2, -0.15) is 11.3 Å². The Labute approximate surface area is 130 Å². The Hall–Kier alpha value is -2.05. The molecule has 0 saturated carbocycles. The van der Waals surface area contributed by atoms with Crippen molar-refractivity contribution < 1.29 is 14.7 Å². The summed E-state index contributed by atoms with van der Waals surface area (Å²) in [6.07, 6.45) is -0.181. The number of urea groups is 1. The normalized spacial score (nSPS) is 11.7. The molecule has 2 rings (SSSR count). The third-order valence-corrected chi connectivity index (χ3v) is 3.65. The quantitative estimate of drug-likeness (QED) is 0.784. The number of carbonyl (C=O) groups is 2. The fourth-order valence-electron chi connectivity index (χ4n) is 1.79. The van der Waals surface area contributed by atoms with E-state index in [-0.39, 0.29) is 6.42 Å². The highest BCUT2D eigenvalue weighted by atomic mass is 35.5. The molecule has 0 radical (unpaired) electrons. The molecule has 21 heavy (non-hydrogen) atoms. The summed E-state index contributed by atoms with van der Waals surface area (Å²) in [6, 6.07) is 7.45. The number of hydrogen-bond donors (Lipinski definition) is 3. The molecule has 0 saturated heterocycles. The second kappa shape index (κ2) is 7.10. The van der Waals surface area contributed by atoms with Crippen molar-refractivity contribution in [3.8, 4) is 0 Å². The smallest absolute Gasteiger partial charge is 0.319 e. The summed E-state index contributed by atoms with van der Waals surface area (Å²) in [6.45, 7) is 0. The monoisotopic (exact) mass is 324 g/mol. The molecule has 0 aliphatic heterocycles. The van der Waals surface area contributed by atoms with Gasteiger partial charge in [-0.3, -0.25) is 4.79 Å². The number of anilines is 1. The molecule has 1 aromatic carbocycles. The van der Waals surface area contributed by atoms with Gasteiger partial charge in [0.1, 0.15) is 0 Å². The minimum Gasteiger partial charge on any atom is -0.481 e. The lowest BCUT2D eigenvalue weighted by Crippen LogP contribution is -2.33. The zero-order chi connectivity index (χ0) is 15.2. The highest BCUT2D eigenvalue weighted by molar-refractivity contribution is 7.08. The largest absolute Gasteiger partial charge is 0.481 e. The van der Waals surface area contributed by atoms with Gasteiger partial charge in [0.25, 0.3) is 0 Å². The van der Waals surface area contributed by atoms with E-state index >= 15 is 0 Å². The van der Waals surface area contributed by atoms with E-state index in [0.717, 1.165) is 5.56 Å². The van der Waals surface area contributed by atoms with Crippen LogP contribution < -0.4 is 10.6 Å². The maximum Gasteiger partial charge on any atom is 0.319 e. The number of amides is 2. The Morgan fingerprint density at radius 3 is 2.76 bits per heavy atom. The molecular formula is C14H13ClN2O3S. The molecule has 5 nitrogen and oxygen atoms in total. The van der Waals surface area contributed by atoms with E-state index in [0.29, 0.717) is 10.7 Å². The number of aliphatic carboxylic acids is 1. The number of benzene rings is 1. The molecule has 110 valence electrons. The van der Waals surface area contributed by atoms with Crippen molar-refractivity contribution in [2.75, 3.05) is 5.32 Å². The number of carbonyl (C=O) groups excluding carboxylic acids is 1. The average Bonchev–Trinajstić information content (AvgIpc) is 2.91. The molecule has 1 atom stereocenters. The summed E-state index contributed by atoms with van der Waals surface area (Å²) in [4.78, 5) is 22.9. The van der Waals surface area contributed by atoms with Gasteiger partial charge in [0.15, 0.2) is 0 Å². The number of hydrogen-bond acceptors (Lipinski definition) is 3. The standard InChI is InChI=1S/C14H13ClN2O3S/c15-10-2-1-3-11(6-10)16-14(20)17-12(7-13(18)19)9-4-5-21-8-9/h1-6,8,12H,7H2,(H,18,19)(H2,16,17,20). The van der Waals surface area contributed by atoms with Crippen LogP contribution >= 0.6 is 22.9 Å². The lowest BCUT2D eigenvalue weighted by molar-refractivity contribution is -0.137. The van der Waals surface area contributed by atoms with Crippen molar-refractivity contribution in [3.63, 3.8) is 0 Å². The minimum absolute atomic E-state index is 0.181. The molecule has 1 aromatic heterocycles. The minimum atomic E-state index is -0.978. The Morgan fingerprint density at radius 1 is 1.33 bits per heavy atom. The van der Waals surface area contributed by atoms with Gasteiger partial charge in [0.05, 0.1) is 12.5 Å². The maximum atomic E-state index is 12.0. The third kappa shape index (κ3) is 4.77. The van der Waals surface area contributed by atoms with E-state index in [1.807, 2.05) is 10.8 Å². The topological polar surface area (TPSA) is 78.4 Å². The summed E-state index contributed by atoms with van der Waals surface area (Å²) < 4.78 is 0. The molecule has 1 heterocycles. The predicted molar refractivity (Wildman–Crippen MR) is 82.9 cm³/mol. The molecule has 3 N–H and O–H groups in total. The van der Waals surface area contributed by atoms with Crippen LogP contribution in [0.1, 0.15) is 18.0 Å². The molecule has 7 heteroatoms. The van der Waals surface area contributed by atoms with Crippen LogP contribution in [0.2, 0.25) is 5.02 Å². The molecular weight excluding hydrogens is 312 g/mol. The number of halogens is 1. The Kier molecular flexibility index (Phi) is 5.19. The second-order valence-electron chi connectivity index (χ2n) is 4.32. The van der Waals surface area contributed by atoms with E-state index < -0.39 is 18.0 Å². The lowest BCUT2D eigenvalue weighted by Gasteiger charge is -2.16. The summed E-state index contributed by atoms with van der Waals surface area (Å²) >= 11 is 7.28. The fourth-order valence-corrected chi connectivity index (χ4v) is 2.70. The molecule has 0 spiro atoms. The molecule has 0 bridgehead atoms. The summed E-state index contributed by atoms with van der Waals surface area (Å²) in [7, 11) is 0. The van der Waals surface area contributed by atoms with Crippen molar-refractivity contribution in [1.82, 2.24) is 5.32 Å². The first-order chi connectivity index (χ1) is 10.0. The zero-order valence-corrected chi connectivity index (χ0v) is 12.4. The first kappa shape index (κ1) is 15.3. The second-order valence-corrected chi connectivity index (χ2v) is 5.53. The van der Waals surface area contributed by atoms with Gasteiger partial charge in [-0.1, -0.05) is 17.7 Å². The van der Waals surface area contributed by atoms with Gasteiger partial charge < -0.3 is 15.7 Å². The average molecular weight is 325 g/mol. The number of nitrogens with one attached hydrogen (secondary N) is 2. The summed E-state index contributed by atoms with van der Waals surface area (Å²) in [5, 5.41) is 18.4. The lowest BCUT2D eigenvalue weighted by atomic mass is 10.1. The van der Waals surface area contributed by atoms with Gasteiger partial charge in [0, 0.05) is 10.7 Å². The van der Waals surface area contributed by atoms with Crippen molar-refractivity contribution in [2.45, 2.75) is 12.5 Å². The molecule has 0 aliphatic rings. The van der Waals surface area contributed by atoms with Crippen LogP contribution in [-0.4, -0.2) is 17.1 Å². The van der Waals surface area contributed by atoms with Gasteiger partial charge in [-0.15, -0.1) is 0 Å². The highest BCUT2D eigenvalue weighted by Crippen LogP contribution is 2.20. The van der Waals surface area contributed by atoms with E-state index in [9.17, 15) is 9.59 Å². The van der Waals surface area contributed by atoms with Crippen molar-refractivity contribution >= 4 is 40.6 Å². The fraction of sp³-hybridized carbons (Fsp3) is 0.143. The molecule has 0 fully saturated rings. The van der Waals surface area contributed by atoms with Crippen LogP contribution in [-0.2, 0) is 4.79 Å². The third-order valence-electron chi connectivity index (χ3n) is 2.71. The van der Waals surface area contributed by atoms with Gasteiger partial charge in [-0.05, 0) is 40.6 Å². The first-order valence-electron chi connectivity index (χ1n) is 6.11. The van der Waals surface area contributed by atoms with Crippen molar-refractivity contribution in [3.05, 3.63) is 51.7 Å². The van der Waals surface area contributed by atoms with E-state index in [1.54, 1.807) is 30.3 Å². The Balaban J connectivity index is 2.02. The Bertz CT molecular complexity index is 631. The van der Waals surface area contributed by atoms with Crippen LogP contribution in [0.5, 0.6) is 0 Å². The van der Waals surface area contributed by atoms with Crippen LogP contribution in [0.4, 0.5) is 10.5 Å². The van der Waals surface area contributed by atoms with Crippen molar-refractivity contribution in [2.24, 2.45) is 0 Å². The van der Waals surface area contributed by atoms with Gasteiger partial charge >= 0.3 is 12.0 Å². The SMILES string of the molecule is O=C(O)CC(NC(=O)Nc1cccc(Cl)c1)c1ccsc1. The van der Waals surface area contributed by atoms with E-state index in [4.69, 9.17) is 16.7 Å². The maximum absolute atomic E-state index is 12.0. The predicted octanol–water partition coefficient (Wildman–Crippen LogP) is 3.74. The van der Waals surface area contributed by atoms with Crippen LogP contribution in [0.3, 0.4) is 0 Å². The highest BCUT2D eigenvalue weighted by Gasteiger charge is 2.18. The summed E-state index contributed by atoms with van der Waals surface area (Å²) in [5.41, 5.74) is 1.31. The number of carboxylic acid groups (broad SMARTS) is 1. The van der Waals surface area contributed by atoms with Gasteiger partial charge in [0.2, 0.25) is 0 Å². The Morgan fingerprint density at radius 2 is 2.14 bits per heavy atom. The number of rotatable bonds is 5. The molecule has 0 aliphatic carbocycles. The van der Waals surface area contributed by atoms with Crippen LogP contribution in [0.25, 0.3) is 0 Å². The van der Waals surface area contributed by atoms with Crippen molar-refractivity contribution in [1.29, 1.82) is 0 Å². The van der Waals surface area contributed by atoms with E-state index in [1.165, 1.54) is 11.3 Å². The molecule has 2 amide bonds. The van der Waals surface area contributed by atoms with Crippen LogP contribution in [0, 0.1) is 0 Å². The summed E-state index contributed by atoms with van der Waals surface area (Å²) in [5.74, 6) is -0.978. The zero-order valence-electron chi connectivity index (χ0n) is 10.9. The van der Waals surface area contributed by atoms with Crippen LogP contribution in [0.15, 0.2) is 41.1 Å². The van der Waals surface area contributed by atoms with Gasteiger partial charge in [-0.25, -0.2) is 4.79 Å². The number of carboxylic acids is 1. The first-order valence-corrected chi connectivity index (χ1v) is 7.43.